The highest BCUT2D eigenvalue weighted by atomic mass is 35.5. The fourth-order valence-corrected chi connectivity index (χ4v) is 2.08. The monoisotopic (exact) mass is 305 g/mol. The number of carbonyl (C=O) groups is 1. The topological polar surface area (TPSA) is 64.0 Å². The van der Waals surface area contributed by atoms with Gasteiger partial charge >= 0.3 is 0 Å². The fourth-order valence-electron chi connectivity index (χ4n) is 1.86. The Morgan fingerprint density at radius 3 is 2.81 bits per heavy atom. The van der Waals surface area contributed by atoms with Crippen LogP contribution in [0.5, 0.6) is 0 Å². The highest BCUT2D eigenvalue weighted by Crippen LogP contribution is 2.14. The maximum absolute atomic E-state index is 11.9. The number of hydrogen-bond donors (Lipinski definition) is 1. The summed E-state index contributed by atoms with van der Waals surface area (Å²) in [7, 11) is 0. The molecule has 2 rings (SSSR count). The molecule has 21 heavy (non-hydrogen) atoms. The van der Waals surface area contributed by atoms with E-state index in [1.165, 1.54) is 17.0 Å². The number of rotatable bonds is 5. The number of carbonyl (C=O) groups excluding carboxylic acids is 1. The summed E-state index contributed by atoms with van der Waals surface area (Å²) in [4.78, 5) is 27.9. The van der Waals surface area contributed by atoms with Gasteiger partial charge in [0.05, 0.1) is 16.9 Å². The number of benzene rings is 1. The molecular formula is C15H16ClN3O2. The van der Waals surface area contributed by atoms with Gasteiger partial charge in [-0.3, -0.25) is 14.2 Å². The highest BCUT2D eigenvalue weighted by molar-refractivity contribution is 6.33. The Kier molecular flexibility index (Phi) is 5.11. The summed E-state index contributed by atoms with van der Waals surface area (Å²) in [6.07, 6.45) is 2.22. The summed E-state index contributed by atoms with van der Waals surface area (Å²) in [5.74, 6) is -0.258. The summed E-state index contributed by atoms with van der Waals surface area (Å²) in [5.41, 5.74) is 1.07. The molecule has 6 heteroatoms. The van der Waals surface area contributed by atoms with Gasteiger partial charge in [0.15, 0.2) is 0 Å². The van der Waals surface area contributed by atoms with E-state index in [4.69, 9.17) is 11.6 Å². The summed E-state index contributed by atoms with van der Waals surface area (Å²) in [6.45, 7) is 2.64. The molecule has 1 heterocycles. The molecule has 5 nitrogen and oxygen atoms in total. The van der Waals surface area contributed by atoms with Crippen molar-refractivity contribution < 1.29 is 4.79 Å². The van der Waals surface area contributed by atoms with Crippen LogP contribution in [0.1, 0.15) is 23.0 Å². The zero-order valence-corrected chi connectivity index (χ0v) is 12.4. The van der Waals surface area contributed by atoms with Gasteiger partial charge in [-0.1, -0.05) is 30.7 Å². The average Bonchev–Trinajstić information content (AvgIpc) is 2.49. The minimum absolute atomic E-state index is 0.117. The Morgan fingerprint density at radius 2 is 2.14 bits per heavy atom. The van der Waals surface area contributed by atoms with Gasteiger partial charge in [0.25, 0.3) is 11.5 Å². The number of halogens is 1. The Hall–Kier alpha value is -2.14. The highest BCUT2D eigenvalue weighted by Gasteiger charge is 2.08. The van der Waals surface area contributed by atoms with Crippen molar-refractivity contribution in [1.29, 1.82) is 0 Å². The number of aromatic nitrogens is 2. The lowest BCUT2D eigenvalue weighted by Gasteiger charge is -2.08. The maximum Gasteiger partial charge on any atom is 0.253 e. The van der Waals surface area contributed by atoms with Crippen LogP contribution in [0.2, 0.25) is 5.02 Å². The van der Waals surface area contributed by atoms with Crippen LogP contribution in [0.25, 0.3) is 0 Å². The zero-order valence-electron chi connectivity index (χ0n) is 11.7. The molecule has 0 aliphatic rings. The SMILES string of the molecule is CCc1cc(=O)n(CCNC(=O)c2ccccc2Cl)cn1. The van der Waals surface area contributed by atoms with Gasteiger partial charge in [0.1, 0.15) is 0 Å². The van der Waals surface area contributed by atoms with Crippen LogP contribution in [0.15, 0.2) is 41.5 Å². The van der Waals surface area contributed by atoms with E-state index in [0.717, 1.165) is 12.1 Å². The van der Waals surface area contributed by atoms with Crippen molar-refractivity contribution in [1.82, 2.24) is 14.9 Å². The molecule has 0 aliphatic heterocycles. The summed E-state index contributed by atoms with van der Waals surface area (Å²) in [6, 6.07) is 8.34. The third kappa shape index (κ3) is 3.92. The molecular weight excluding hydrogens is 290 g/mol. The maximum atomic E-state index is 11.9. The predicted octanol–water partition coefficient (Wildman–Crippen LogP) is 1.89. The molecule has 0 spiro atoms. The number of aryl methyl sites for hydroxylation is 1. The van der Waals surface area contributed by atoms with E-state index < -0.39 is 0 Å². The van der Waals surface area contributed by atoms with Crippen molar-refractivity contribution in [2.75, 3.05) is 6.54 Å². The number of nitrogens with zero attached hydrogens (tertiary/aromatic N) is 2. The van der Waals surface area contributed by atoms with E-state index in [2.05, 4.69) is 10.3 Å². The first-order valence-corrected chi connectivity index (χ1v) is 7.07. The quantitative estimate of drug-likeness (QED) is 0.917. The molecule has 0 unspecified atom stereocenters. The molecule has 0 atom stereocenters. The number of nitrogens with one attached hydrogen (secondary N) is 1. The molecule has 110 valence electrons. The van der Waals surface area contributed by atoms with Crippen LogP contribution < -0.4 is 10.9 Å². The Balaban J connectivity index is 1.94. The second-order valence-electron chi connectivity index (χ2n) is 4.50. The first kappa shape index (κ1) is 15.3. The van der Waals surface area contributed by atoms with Crippen LogP contribution >= 0.6 is 11.6 Å². The first-order valence-electron chi connectivity index (χ1n) is 6.70. The lowest BCUT2D eigenvalue weighted by molar-refractivity contribution is 0.0952. The molecule has 1 aromatic carbocycles. The van der Waals surface area contributed by atoms with E-state index in [1.807, 2.05) is 6.92 Å². The van der Waals surface area contributed by atoms with E-state index in [0.29, 0.717) is 23.7 Å². The van der Waals surface area contributed by atoms with Crippen LogP contribution in [0, 0.1) is 0 Å². The average molecular weight is 306 g/mol. The standard InChI is InChI=1S/C15H16ClN3O2/c1-2-11-9-14(20)19(10-18-11)8-7-17-15(21)12-5-3-4-6-13(12)16/h3-6,9-10H,2,7-8H2,1H3,(H,17,21). The van der Waals surface area contributed by atoms with Crippen molar-refractivity contribution in [2.45, 2.75) is 19.9 Å². The van der Waals surface area contributed by atoms with Crippen LogP contribution in [-0.2, 0) is 13.0 Å². The summed E-state index contributed by atoms with van der Waals surface area (Å²) < 4.78 is 1.46. The van der Waals surface area contributed by atoms with Crippen molar-refractivity contribution in [3.63, 3.8) is 0 Å². The van der Waals surface area contributed by atoms with Gasteiger partial charge in [-0.25, -0.2) is 4.98 Å². The van der Waals surface area contributed by atoms with Crippen molar-refractivity contribution in [2.24, 2.45) is 0 Å². The molecule has 0 aliphatic carbocycles. The van der Waals surface area contributed by atoms with Gasteiger partial charge in [-0.15, -0.1) is 0 Å². The second kappa shape index (κ2) is 7.04. The number of amides is 1. The van der Waals surface area contributed by atoms with Gasteiger partial charge in [-0.05, 0) is 18.6 Å². The molecule has 0 radical (unpaired) electrons. The van der Waals surface area contributed by atoms with E-state index in [1.54, 1.807) is 24.3 Å². The van der Waals surface area contributed by atoms with Gasteiger partial charge in [0, 0.05) is 24.8 Å². The lowest BCUT2D eigenvalue weighted by Crippen LogP contribution is -2.31. The van der Waals surface area contributed by atoms with Crippen LogP contribution in [0.4, 0.5) is 0 Å². The summed E-state index contributed by atoms with van der Waals surface area (Å²) >= 11 is 5.95. The van der Waals surface area contributed by atoms with E-state index in [9.17, 15) is 9.59 Å². The lowest BCUT2D eigenvalue weighted by atomic mass is 10.2. The molecule has 0 bridgehead atoms. The van der Waals surface area contributed by atoms with Crippen LogP contribution in [-0.4, -0.2) is 22.0 Å². The third-order valence-corrected chi connectivity index (χ3v) is 3.38. The molecule has 2 aromatic rings. The first-order chi connectivity index (χ1) is 10.1. The Labute approximate surface area is 127 Å². The van der Waals surface area contributed by atoms with Gasteiger partial charge in [0.2, 0.25) is 0 Å². The summed E-state index contributed by atoms with van der Waals surface area (Å²) in [5, 5.41) is 3.14. The Morgan fingerprint density at radius 1 is 1.38 bits per heavy atom. The molecule has 0 saturated carbocycles. The van der Waals surface area contributed by atoms with Crippen molar-refractivity contribution in [3.05, 3.63) is 63.3 Å². The molecule has 1 aromatic heterocycles. The second-order valence-corrected chi connectivity index (χ2v) is 4.91. The van der Waals surface area contributed by atoms with E-state index in [-0.39, 0.29) is 11.5 Å². The fraction of sp³-hybridized carbons (Fsp3) is 0.267. The van der Waals surface area contributed by atoms with Crippen molar-refractivity contribution >= 4 is 17.5 Å². The normalized spacial score (nSPS) is 10.4. The third-order valence-electron chi connectivity index (χ3n) is 3.06. The van der Waals surface area contributed by atoms with Crippen LogP contribution in [0.3, 0.4) is 0 Å². The molecule has 1 amide bonds. The molecule has 1 N–H and O–H groups in total. The van der Waals surface area contributed by atoms with Crippen molar-refractivity contribution in [3.8, 4) is 0 Å². The molecule has 0 saturated heterocycles. The largest absolute Gasteiger partial charge is 0.350 e. The minimum Gasteiger partial charge on any atom is -0.350 e. The zero-order chi connectivity index (χ0) is 15.2. The Bertz CT molecular complexity index is 697. The molecule has 0 fully saturated rings. The van der Waals surface area contributed by atoms with Gasteiger partial charge in [-0.2, -0.15) is 0 Å². The number of hydrogen-bond acceptors (Lipinski definition) is 3. The van der Waals surface area contributed by atoms with E-state index >= 15 is 0 Å². The minimum atomic E-state index is -0.258. The smallest absolute Gasteiger partial charge is 0.253 e. The predicted molar refractivity (Wildman–Crippen MR) is 81.7 cm³/mol. The van der Waals surface area contributed by atoms with Gasteiger partial charge < -0.3 is 5.32 Å².